The third-order valence-corrected chi connectivity index (χ3v) is 9.97. The number of fused-ring (bicyclic) bond motifs is 5. The maximum Gasteiger partial charge on any atom is 0.318 e. The number of aryl methyl sites for hydroxylation is 1. The van der Waals surface area contributed by atoms with Crippen molar-refractivity contribution in [2.45, 2.75) is 75.8 Å². The molecule has 5 aliphatic heterocycles. The number of piperazine rings is 1. The predicted molar refractivity (Wildman–Crippen MR) is 163 cm³/mol. The molecule has 8 rings (SSSR count). The minimum atomic E-state index is -2.21. The summed E-state index contributed by atoms with van der Waals surface area (Å²) in [6.07, 6.45) is 6.80. The number of ether oxygens (including phenoxy) is 1. The number of hydrogen-bond acceptors (Lipinski definition) is 8. The van der Waals surface area contributed by atoms with E-state index in [0.717, 1.165) is 48.7 Å². The van der Waals surface area contributed by atoms with Crippen LogP contribution in [0.2, 0.25) is 0 Å². The highest BCUT2D eigenvalue weighted by Gasteiger charge is 2.49. The fourth-order valence-corrected chi connectivity index (χ4v) is 8.02. The molecule has 2 N–H and O–H groups in total. The van der Waals surface area contributed by atoms with E-state index in [4.69, 9.17) is 17.4 Å². The highest BCUT2D eigenvalue weighted by molar-refractivity contribution is 5.99. The van der Waals surface area contributed by atoms with Crippen LogP contribution in [0.25, 0.3) is 16.8 Å². The summed E-state index contributed by atoms with van der Waals surface area (Å²) in [5.74, 6) is 0.471. The fraction of sp³-hybridized carbons (Fsp3) is 0.515. The van der Waals surface area contributed by atoms with Crippen LogP contribution in [-0.2, 0) is 13.0 Å². The van der Waals surface area contributed by atoms with Crippen LogP contribution < -0.4 is 19.9 Å². The van der Waals surface area contributed by atoms with Gasteiger partial charge < -0.3 is 25.0 Å². The molecule has 3 aromatic rings. The quantitative estimate of drug-likeness (QED) is 0.419. The lowest BCUT2D eigenvalue weighted by Gasteiger charge is -2.36. The summed E-state index contributed by atoms with van der Waals surface area (Å²) in [6.45, 7) is 2.36. The van der Waals surface area contributed by atoms with Gasteiger partial charge in [-0.3, -0.25) is 4.90 Å². The predicted octanol–water partition coefficient (Wildman–Crippen LogP) is 4.92. The third-order valence-electron chi connectivity index (χ3n) is 9.97. The van der Waals surface area contributed by atoms with Crippen LogP contribution in [0.1, 0.15) is 58.6 Å². The largest absolute Gasteiger partial charge is 0.508 e. The lowest BCUT2D eigenvalue weighted by Crippen LogP contribution is -2.51. The Morgan fingerprint density at radius 3 is 2.84 bits per heavy atom. The molecule has 43 heavy (non-hydrogen) atoms. The molecule has 4 saturated heterocycles. The Morgan fingerprint density at radius 1 is 1.19 bits per heavy atom. The van der Waals surface area contributed by atoms with Gasteiger partial charge in [0.25, 0.3) is 0 Å². The van der Waals surface area contributed by atoms with Gasteiger partial charge >= 0.3 is 6.01 Å². The molecule has 0 aliphatic carbocycles. The minimum Gasteiger partial charge on any atom is -0.508 e. The molecule has 0 spiro atoms. The summed E-state index contributed by atoms with van der Waals surface area (Å²) in [5.41, 5.74) is 1.63. The second-order valence-electron chi connectivity index (χ2n) is 12.7. The first kappa shape index (κ1) is 24.9. The second kappa shape index (κ2) is 10.3. The fourth-order valence-electron chi connectivity index (χ4n) is 8.02. The van der Waals surface area contributed by atoms with E-state index in [1.807, 2.05) is 29.0 Å². The molecule has 4 fully saturated rings. The molecule has 4 atom stereocenters. The van der Waals surface area contributed by atoms with E-state index < -0.39 is 18.3 Å². The van der Waals surface area contributed by atoms with Gasteiger partial charge in [0.15, 0.2) is 0 Å². The monoisotopic (exact) mass is 590 g/mol. The molecular weight excluding hydrogens is 550 g/mol. The van der Waals surface area contributed by atoms with Crippen molar-refractivity contribution in [2.24, 2.45) is 0 Å². The molecule has 6 heterocycles. The van der Waals surface area contributed by atoms with Crippen LogP contribution in [0.4, 0.5) is 20.3 Å². The van der Waals surface area contributed by atoms with Gasteiger partial charge in [-0.15, -0.1) is 0 Å². The van der Waals surface area contributed by atoms with Crippen LogP contribution in [0.5, 0.6) is 11.8 Å². The number of phenols is 1. The van der Waals surface area contributed by atoms with Crippen LogP contribution in [-0.4, -0.2) is 76.5 Å². The Balaban J connectivity index is 1.21. The lowest BCUT2D eigenvalue weighted by atomic mass is 9.95. The molecule has 5 aliphatic rings. The van der Waals surface area contributed by atoms with Crippen molar-refractivity contribution in [1.82, 2.24) is 20.2 Å². The molecule has 0 amide bonds. The molecule has 0 saturated carbocycles. The van der Waals surface area contributed by atoms with E-state index >= 15 is 0 Å². The van der Waals surface area contributed by atoms with Gasteiger partial charge in [-0.25, -0.2) is 8.78 Å². The maximum atomic E-state index is 15.0. The van der Waals surface area contributed by atoms with Gasteiger partial charge in [0, 0.05) is 61.4 Å². The van der Waals surface area contributed by atoms with Crippen molar-refractivity contribution in [3.05, 3.63) is 53.1 Å². The van der Waals surface area contributed by atoms with Gasteiger partial charge in [0.1, 0.15) is 30.1 Å². The topological polar surface area (TPSA) is 77.0 Å². The number of benzene rings is 2. The van der Waals surface area contributed by atoms with Crippen LogP contribution >= 0.6 is 0 Å². The van der Waals surface area contributed by atoms with Crippen LogP contribution in [0.3, 0.4) is 0 Å². The summed E-state index contributed by atoms with van der Waals surface area (Å²) in [6, 6.07) is 7.02. The lowest BCUT2D eigenvalue weighted by molar-refractivity contribution is 0.107. The average molecular weight is 591 g/mol. The minimum absolute atomic E-state index is 0.0699. The number of anilines is 2. The van der Waals surface area contributed by atoms with Crippen molar-refractivity contribution >= 4 is 28.4 Å². The normalized spacial score (nSPS) is 29.1. The standard InChI is InChI=1S/C33H38F2N6O2/c1-2-25-27(35)7-4-20-12-24(42)13-29(30(20)25)39-11-8-26-28(18-39)37-32(38-31(26)40-16-22-5-6-23(17-40)36-22)43-19-33-9-3-10-41(33)15-21(34)14-33/h4,7-8,11-13,21-23,36,42H,2-3,5-6,9-10,14-19H2,1H3/t21-,22-,23+,33+/m1/s1/i19D2. The van der Waals surface area contributed by atoms with Gasteiger partial charge in [-0.1, -0.05) is 13.0 Å². The van der Waals surface area contributed by atoms with E-state index in [1.165, 1.54) is 6.07 Å². The number of aromatic nitrogens is 2. The number of nitrogens with zero attached hydrogens (tertiary/aromatic N) is 5. The summed E-state index contributed by atoms with van der Waals surface area (Å²) < 4.78 is 53.9. The molecular formula is C33H38F2N6O2. The zero-order valence-electron chi connectivity index (χ0n) is 26.3. The molecule has 0 radical (unpaired) electrons. The number of rotatable bonds is 6. The van der Waals surface area contributed by atoms with E-state index in [-0.39, 0.29) is 37.1 Å². The van der Waals surface area contributed by atoms with Crippen molar-refractivity contribution < 1.29 is 21.4 Å². The average Bonchev–Trinajstić information content (AvgIpc) is 3.67. The Kier molecular flexibility index (Phi) is 5.96. The summed E-state index contributed by atoms with van der Waals surface area (Å²) in [5, 5.41) is 15.8. The number of phenolic OH excluding ortho intramolecular Hbond substituents is 1. The molecule has 2 aromatic carbocycles. The van der Waals surface area contributed by atoms with Crippen LogP contribution in [0, 0.1) is 5.82 Å². The van der Waals surface area contributed by atoms with Crippen molar-refractivity contribution in [3.63, 3.8) is 0 Å². The zero-order valence-corrected chi connectivity index (χ0v) is 24.3. The summed E-state index contributed by atoms with van der Waals surface area (Å²) in [4.78, 5) is 15.7. The van der Waals surface area contributed by atoms with Gasteiger partial charge in [-0.05, 0) is 67.8 Å². The second-order valence-corrected chi connectivity index (χ2v) is 12.7. The Bertz CT molecular complexity index is 1700. The van der Waals surface area contributed by atoms with E-state index in [9.17, 15) is 13.9 Å². The van der Waals surface area contributed by atoms with E-state index in [1.54, 1.807) is 18.2 Å². The summed E-state index contributed by atoms with van der Waals surface area (Å²) >= 11 is 0. The highest BCUT2D eigenvalue weighted by atomic mass is 19.1. The number of aromatic hydroxyl groups is 1. The van der Waals surface area contributed by atoms with E-state index in [2.05, 4.69) is 10.2 Å². The first-order valence-corrected chi connectivity index (χ1v) is 15.5. The Labute approximate surface area is 253 Å². The Morgan fingerprint density at radius 2 is 2.02 bits per heavy atom. The molecule has 2 bridgehead atoms. The molecule has 0 unspecified atom stereocenters. The van der Waals surface area contributed by atoms with Gasteiger partial charge in [0.2, 0.25) is 0 Å². The summed E-state index contributed by atoms with van der Waals surface area (Å²) in [7, 11) is 0. The SMILES string of the molecule is [2H]C([2H])(Oc1nc2c(c(N3C[C@H]4CC[C@@H](C3)N4)n1)C=CN(c1cc(O)cc3ccc(F)c(CC)c13)C2)[C@@]12CCCN1C[C@H](F)C2. The molecule has 1 aromatic heterocycles. The number of nitrogens with one attached hydrogen (secondary N) is 1. The van der Waals surface area contributed by atoms with Crippen LogP contribution in [0.15, 0.2) is 30.5 Å². The van der Waals surface area contributed by atoms with Gasteiger partial charge in [0.05, 0.1) is 26.2 Å². The van der Waals surface area contributed by atoms with Crippen molar-refractivity contribution in [2.75, 3.05) is 42.5 Å². The molecule has 226 valence electrons. The van der Waals surface area contributed by atoms with Gasteiger partial charge in [-0.2, -0.15) is 9.97 Å². The molecule has 10 heteroatoms. The van der Waals surface area contributed by atoms with Crippen molar-refractivity contribution in [3.8, 4) is 11.8 Å². The molecule has 8 nitrogen and oxygen atoms in total. The maximum absolute atomic E-state index is 15.0. The van der Waals surface area contributed by atoms with Crippen molar-refractivity contribution in [1.29, 1.82) is 0 Å². The number of alkyl halides is 1. The number of hydrogen-bond donors (Lipinski definition) is 2. The number of halogens is 2. The highest BCUT2D eigenvalue weighted by Crippen LogP contribution is 2.42. The van der Waals surface area contributed by atoms with E-state index in [0.29, 0.717) is 54.2 Å². The zero-order chi connectivity index (χ0) is 31.1. The Hall–Kier alpha value is -3.50. The first-order chi connectivity index (χ1) is 21.6. The third kappa shape index (κ3) is 4.61. The smallest absolute Gasteiger partial charge is 0.318 e. The first-order valence-electron chi connectivity index (χ1n) is 16.5.